The van der Waals surface area contributed by atoms with Crippen LogP contribution in [-0.2, 0) is 4.79 Å². The van der Waals surface area contributed by atoms with Gasteiger partial charge in [0, 0.05) is 5.54 Å². The number of rotatable bonds is 2. The van der Waals surface area contributed by atoms with Crippen LogP contribution >= 0.6 is 27.5 Å². The van der Waals surface area contributed by atoms with Crippen molar-refractivity contribution in [1.82, 2.24) is 5.32 Å². The van der Waals surface area contributed by atoms with Gasteiger partial charge in [-0.3, -0.25) is 4.79 Å². The SMILES string of the molecule is CC(C)(C)NC(=O)C(Cl)c1cc(Br)c2c(c1)OCCO2. The van der Waals surface area contributed by atoms with E-state index < -0.39 is 5.38 Å². The maximum atomic E-state index is 12.1. The highest BCUT2D eigenvalue weighted by atomic mass is 79.9. The average Bonchev–Trinajstić information content (AvgIpc) is 2.35. The molecule has 1 aromatic carbocycles. The second-order valence-electron chi connectivity index (χ2n) is 5.63. The molecule has 1 heterocycles. The largest absolute Gasteiger partial charge is 0.486 e. The molecule has 1 unspecified atom stereocenters. The fourth-order valence-corrected chi connectivity index (χ4v) is 2.62. The van der Waals surface area contributed by atoms with Crippen LogP contribution in [-0.4, -0.2) is 24.7 Å². The van der Waals surface area contributed by atoms with Crippen LogP contribution in [0.5, 0.6) is 11.5 Å². The van der Waals surface area contributed by atoms with E-state index in [4.69, 9.17) is 21.1 Å². The van der Waals surface area contributed by atoms with Gasteiger partial charge in [0.2, 0.25) is 5.91 Å². The van der Waals surface area contributed by atoms with Crippen LogP contribution in [0.4, 0.5) is 0 Å². The van der Waals surface area contributed by atoms with Crippen molar-refractivity contribution in [3.8, 4) is 11.5 Å². The van der Waals surface area contributed by atoms with Crippen molar-refractivity contribution in [3.05, 3.63) is 22.2 Å². The van der Waals surface area contributed by atoms with Gasteiger partial charge in [-0.1, -0.05) is 0 Å². The van der Waals surface area contributed by atoms with Gasteiger partial charge >= 0.3 is 0 Å². The molecule has 0 aliphatic carbocycles. The monoisotopic (exact) mass is 361 g/mol. The van der Waals surface area contributed by atoms with E-state index >= 15 is 0 Å². The lowest BCUT2D eigenvalue weighted by molar-refractivity contribution is -0.122. The van der Waals surface area contributed by atoms with Crippen LogP contribution in [0.15, 0.2) is 16.6 Å². The first-order chi connectivity index (χ1) is 9.28. The summed E-state index contributed by atoms with van der Waals surface area (Å²) in [7, 11) is 0. The summed E-state index contributed by atoms with van der Waals surface area (Å²) in [5.41, 5.74) is 0.347. The molecule has 2 rings (SSSR count). The molecule has 1 atom stereocenters. The van der Waals surface area contributed by atoms with Crippen molar-refractivity contribution >= 4 is 33.4 Å². The number of carbonyl (C=O) groups is 1. The molecule has 1 aromatic rings. The third-order valence-electron chi connectivity index (χ3n) is 2.64. The Hall–Kier alpha value is -0.940. The van der Waals surface area contributed by atoms with E-state index in [1.54, 1.807) is 12.1 Å². The number of ether oxygens (including phenoxy) is 2. The second-order valence-corrected chi connectivity index (χ2v) is 6.92. The Morgan fingerprint density at radius 1 is 1.35 bits per heavy atom. The zero-order valence-corrected chi connectivity index (χ0v) is 14.0. The maximum Gasteiger partial charge on any atom is 0.243 e. The van der Waals surface area contributed by atoms with Crippen molar-refractivity contribution in [1.29, 1.82) is 0 Å². The Bertz CT molecular complexity index is 528. The van der Waals surface area contributed by atoms with Gasteiger partial charge in [0.05, 0.1) is 4.47 Å². The number of hydrogen-bond donors (Lipinski definition) is 1. The van der Waals surface area contributed by atoms with E-state index in [1.165, 1.54) is 0 Å². The molecule has 20 heavy (non-hydrogen) atoms. The molecule has 4 nitrogen and oxygen atoms in total. The number of alkyl halides is 1. The van der Waals surface area contributed by atoms with Gasteiger partial charge in [-0.05, 0) is 54.4 Å². The lowest BCUT2D eigenvalue weighted by Crippen LogP contribution is -2.42. The smallest absolute Gasteiger partial charge is 0.243 e. The summed E-state index contributed by atoms with van der Waals surface area (Å²) in [4.78, 5) is 12.1. The summed E-state index contributed by atoms with van der Waals surface area (Å²) < 4.78 is 11.8. The third kappa shape index (κ3) is 3.58. The van der Waals surface area contributed by atoms with Crippen LogP contribution < -0.4 is 14.8 Å². The number of amides is 1. The van der Waals surface area contributed by atoms with Gasteiger partial charge in [0.1, 0.15) is 18.6 Å². The first kappa shape index (κ1) is 15.4. The fourth-order valence-electron chi connectivity index (χ4n) is 1.86. The van der Waals surface area contributed by atoms with Crippen LogP contribution in [0.1, 0.15) is 31.7 Å². The van der Waals surface area contributed by atoms with Crippen molar-refractivity contribution < 1.29 is 14.3 Å². The predicted molar refractivity (Wildman–Crippen MR) is 81.6 cm³/mol. The number of nitrogens with one attached hydrogen (secondary N) is 1. The number of fused-ring (bicyclic) bond motifs is 1. The molecule has 0 bridgehead atoms. The molecule has 110 valence electrons. The van der Waals surface area contributed by atoms with Crippen LogP contribution in [0.3, 0.4) is 0 Å². The average molecular weight is 363 g/mol. The van der Waals surface area contributed by atoms with Crippen LogP contribution in [0.2, 0.25) is 0 Å². The molecule has 0 spiro atoms. The van der Waals surface area contributed by atoms with Gasteiger partial charge < -0.3 is 14.8 Å². The zero-order valence-electron chi connectivity index (χ0n) is 11.6. The Morgan fingerprint density at radius 2 is 2.00 bits per heavy atom. The third-order valence-corrected chi connectivity index (χ3v) is 3.68. The van der Waals surface area contributed by atoms with Crippen molar-refractivity contribution in [2.75, 3.05) is 13.2 Å². The van der Waals surface area contributed by atoms with E-state index in [1.807, 2.05) is 20.8 Å². The highest BCUT2D eigenvalue weighted by Gasteiger charge is 2.25. The molecule has 1 aliphatic heterocycles. The highest BCUT2D eigenvalue weighted by molar-refractivity contribution is 9.10. The Morgan fingerprint density at radius 3 is 2.65 bits per heavy atom. The maximum absolute atomic E-state index is 12.1. The van der Waals surface area contributed by atoms with Gasteiger partial charge in [-0.2, -0.15) is 0 Å². The van der Waals surface area contributed by atoms with E-state index in [9.17, 15) is 4.79 Å². The van der Waals surface area contributed by atoms with Gasteiger partial charge in [-0.25, -0.2) is 0 Å². The van der Waals surface area contributed by atoms with E-state index in [2.05, 4.69) is 21.2 Å². The summed E-state index contributed by atoms with van der Waals surface area (Å²) in [6, 6.07) is 3.53. The van der Waals surface area contributed by atoms with Crippen molar-refractivity contribution in [2.45, 2.75) is 31.7 Å². The molecule has 0 aromatic heterocycles. The normalized spacial score (nSPS) is 15.7. The number of hydrogen-bond acceptors (Lipinski definition) is 3. The Labute approximate surface area is 131 Å². The van der Waals surface area contributed by atoms with Crippen molar-refractivity contribution in [3.63, 3.8) is 0 Å². The fraction of sp³-hybridized carbons (Fsp3) is 0.500. The summed E-state index contributed by atoms with van der Waals surface area (Å²) in [6.45, 7) is 6.74. The lowest BCUT2D eigenvalue weighted by Gasteiger charge is -2.24. The van der Waals surface area contributed by atoms with Gasteiger partial charge in [0.15, 0.2) is 11.5 Å². The minimum Gasteiger partial charge on any atom is -0.486 e. The molecular weight excluding hydrogens is 346 g/mol. The molecule has 0 fully saturated rings. The summed E-state index contributed by atoms with van der Waals surface area (Å²) in [5, 5.41) is 2.08. The van der Waals surface area contributed by atoms with Gasteiger partial charge in [0.25, 0.3) is 0 Å². The molecular formula is C14H17BrClNO3. The zero-order chi connectivity index (χ0) is 14.9. The van der Waals surface area contributed by atoms with E-state index in [0.29, 0.717) is 30.3 Å². The Kier molecular flexibility index (Phi) is 4.49. The summed E-state index contributed by atoms with van der Waals surface area (Å²) >= 11 is 9.66. The number of benzene rings is 1. The highest BCUT2D eigenvalue weighted by Crippen LogP contribution is 2.40. The lowest BCUT2D eigenvalue weighted by atomic mass is 10.1. The topological polar surface area (TPSA) is 47.6 Å². The van der Waals surface area contributed by atoms with Crippen LogP contribution in [0, 0.1) is 0 Å². The number of carbonyl (C=O) groups excluding carboxylic acids is 1. The number of halogens is 2. The molecule has 0 radical (unpaired) electrons. The second kappa shape index (κ2) is 5.82. The Balaban J connectivity index is 2.24. The quantitative estimate of drug-likeness (QED) is 0.820. The van der Waals surface area contributed by atoms with Gasteiger partial charge in [-0.15, -0.1) is 11.6 Å². The molecule has 1 amide bonds. The van der Waals surface area contributed by atoms with Crippen molar-refractivity contribution in [2.24, 2.45) is 0 Å². The van der Waals surface area contributed by atoms with E-state index in [0.717, 1.165) is 4.47 Å². The predicted octanol–water partition coefficient (Wildman–Crippen LogP) is 3.41. The summed E-state index contributed by atoms with van der Waals surface area (Å²) in [6.07, 6.45) is 0. The first-order valence-corrected chi connectivity index (χ1v) is 7.56. The van der Waals surface area contributed by atoms with E-state index in [-0.39, 0.29) is 11.4 Å². The molecule has 6 heteroatoms. The molecule has 0 saturated heterocycles. The first-order valence-electron chi connectivity index (χ1n) is 6.33. The van der Waals surface area contributed by atoms with Crippen LogP contribution in [0.25, 0.3) is 0 Å². The summed E-state index contributed by atoms with van der Waals surface area (Å²) in [5.74, 6) is 1.03. The molecule has 1 N–H and O–H groups in total. The standard InChI is InChI=1S/C14H17BrClNO3/c1-14(2,3)17-13(18)11(16)8-6-9(15)12-10(7-8)19-4-5-20-12/h6-7,11H,4-5H2,1-3H3,(H,17,18). The minimum atomic E-state index is -0.777. The minimum absolute atomic E-state index is 0.234. The molecule has 1 aliphatic rings. The molecule has 0 saturated carbocycles.